The molecular formula is C39H80O15. The number of hydrogen-bond acceptors (Lipinski definition) is 14. The van der Waals surface area contributed by atoms with Crippen molar-refractivity contribution in [3.63, 3.8) is 0 Å². The van der Waals surface area contributed by atoms with Gasteiger partial charge in [0.05, 0.1) is 159 Å². The molecule has 0 aliphatic heterocycles. The molecule has 326 valence electrons. The van der Waals surface area contributed by atoms with E-state index in [9.17, 15) is 4.79 Å². The summed E-state index contributed by atoms with van der Waals surface area (Å²) in [5.74, 6) is -0.655. The fourth-order valence-corrected chi connectivity index (χ4v) is 4.55. The summed E-state index contributed by atoms with van der Waals surface area (Å²) in [6.45, 7) is 13.0. The molecule has 0 aliphatic rings. The number of carbonyl (C=O) groups is 1. The fourth-order valence-electron chi connectivity index (χ4n) is 4.55. The Hall–Kier alpha value is -1.05. The van der Waals surface area contributed by atoms with E-state index >= 15 is 0 Å². The van der Waals surface area contributed by atoms with Gasteiger partial charge in [-0.05, 0) is 6.42 Å². The van der Waals surface area contributed by atoms with Gasteiger partial charge in [-0.1, -0.05) is 77.6 Å². The molecule has 0 heterocycles. The lowest BCUT2D eigenvalue weighted by molar-refractivity contribution is -0.137. The number of aliphatic hydroxyl groups excluding tert-OH is 2. The van der Waals surface area contributed by atoms with Crippen LogP contribution in [-0.2, 0) is 56.9 Å². The normalized spacial score (nSPS) is 11.2. The highest BCUT2D eigenvalue weighted by Gasteiger charge is 1.98. The zero-order valence-electron chi connectivity index (χ0n) is 33.9. The number of unbranched alkanes of at least 4 members (excludes halogenated alkanes) is 11. The minimum absolute atomic E-state index is 0.0253. The molecule has 0 aliphatic carbocycles. The lowest BCUT2D eigenvalue weighted by atomic mass is 10.0. The number of carboxylic acid groups (broad SMARTS) is 1. The smallest absolute Gasteiger partial charge is 0.303 e. The summed E-state index contributed by atoms with van der Waals surface area (Å²) in [6, 6.07) is 0. The van der Waals surface area contributed by atoms with Crippen molar-refractivity contribution in [3.05, 3.63) is 0 Å². The molecule has 54 heavy (non-hydrogen) atoms. The highest BCUT2D eigenvalue weighted by molar-refractivity contribution is 5.66. The van der Waals surface area contributed by atoms with Gasteiger partial charge in [0.15, 0.2) is 0 Å². The number of rotatable bonds is 47. The van der Waals surface area contributed by atoms with Gasteiger partial charge in [-0.2, -0.15) is 0 Å². The van der Waals surface area contributed by atoms with E-state index in [0.29, 0.717) is 152 Å². The van der Waals surface area contributed by atoms with E-state index in [0.717, 1.165) is 12.8 Å². The SMILES string of the molecule is CCCCCCCCCCCCCCC(=O)O.OCCOCCOCCOCCOCCOCCOCCOCCOCCOCCOCCOCCO. The van der Waals surface area contributed by atoms with Crippen molar-refractivity contribution >= 4 is 5.97 Å². The van der Waals surface area contributed by atoms with E-state index in [1.807, 2.05) is 0 Å². The average Bonchev–Trinajstić information content (AvgIpc) is 3.17. The molecule has 0 saturated carbocycles. The van der Waals surface area contributed by atoms with Crippen LogP contribution in [0, 0.1) is 0 Å². The Kier molecular flexibility index (Phi) is 55.1. The van der Waals surface area contributed by atoms with Crippen LogP contribution in [0.25, 0.3) is 0 Å². The molecule has 0 bridgehead atoms. The maximum absolute atomic E-state index is 10.3. The van der Waals surface area contributed by atoms with Crippen LogP contribution in [0.1, 0.15) is 90.4 Å². The monoisotopic (exact) mass is 789 g/mol. The molecule has 15 nitrogen and oxygen atoms in total. The van der Waals surface area contributed by atoms with Crippen molar-refractivity contribution in [1.82, 2.24) is 0 Å². The van der Waals surface area contributed by atoms with Gasteiger partial charge in [0.1, 0.15) is 0 Å². The highest BCUT2D eigenvalue weighted by Crippen LogP contribution is 2.12. The first kappa shape index (κ1) is 55.0. The third kappa shape index (κ3) is 57.7. The number of carboxylic acids is 1. The second-order valence-corrected chi connectivity index (χ2v) is 12.2. The van der Waals surface area contributed by atoms with Crippen molar-refractivity contribution in [1.29, 1.82) is 0 Å². The van der Waals surface area contributed by atoms with E-state index in [2.05, 4.69) is 6.92 Å². The lowest BCUT2D eigenvalue weighted by Gasteiger charge is -2.09. The first-order valence-electron chi connectivity index (χ1n) is 20.5. The Bertz CT molecular complexity index is 630. The zero-order chi connectivity index (χ0) is 39.5. The van der Waals surface area contributed by atoms with E-state index in [1.54, 1.807) is 0 Å². The lowest BCUT2D eigenvalue weighted by Crippen LogP contribution is -2.15. The van der Waals surface area contributed by atoms with E-state index in [4.69, 9.17) is 67.4 Å². The van der Waals surface area contributed by atoms with Crippen LogP contribution in [0.15, 0.2) is 0 Å². The van der Waals surface area contributed by atoms with E-state index in [-0.39, 0.29) is 13.2 Å². The predicted octanol–water partition coefficient (Wildman–Crippen LogP) is 4.32. The van der Waals surface area contributed by atoms with Crippen LogP contribution in [0.3, 0.4) is 0 Å². The van der Waals surface area contributed by atoms with Crippen molar-refractivity contribution in [3.8, 4) is 0 Å². The van der Waals surface area contributed by atoms with Crippen LogP contribution in [-0.4, -0.2) is 180 Å². The Balaban J connectivity index is 0. The van der Waals surface area contributed by atoms with Crippen LogP contribution < -0.4 is 0 Å². The van der Waals surface area contributed by atoms with Gasteiger partial charge in [-0.3, -0.25) is 4.79 Å². The third-order valence-corrected chi connectivity index (χ3v) is 7.44. The number of ether oxygens (including phenoxy) is 11. The molecule has 0 saturated heterocycles. The molecule has 0 rings (SSSR count). The summed E-state index contributed by atoms with van der Waals surface area (Å²) < 4.78 is 58.7. The predicted molar refractivity (Wildman–Crippen MR) is 207 cm³/mol. The van der Waals surface area contributed by atoms with Crippen LogP contribution in [0.4, 0.5) is 0 Å². The molecule has 15 heteroatoms. The molecule has 0 amide bonds. The molecule has 0 aromatic heterocycles. The molecular weight excluding hydrogens is 708 g/mol. The maximum Gasteiger partial charge on any atom is 0.303 e. The molecule has 0 aromatic carbocycles. The molecule has 0 spiro atoms. The summed E-state index contributed by atoms with van der Waals surface area (Å²) in [7, 11) is 0. The van der Waals surface area contributed by atoms with Gasteiger partial charge in [0, 0.05) is 6.42 Å². The van der Waals surface area contributed by atoms with Gasteiger partial charge in [0.25, 0.3) is 0 Å². The molecule has 0 unspecified atom stereocenters. The van der Waals surface area contributed by atoms with Gasteiger partial charge in [-0.25, -0.2) is 0 Å². The van der Waals surface area contributed by atoms with Gasteiger partial charge >= 0.3 is 5.97 Å². The highest BCUT2D eigenvalue weighted by atomic mass is 16.6. The second-order valence-electron chi connectivity index (χ2n) is 12.2. The Morgan fingerprint density at radius 2 is 0.500 bits per heavy atom. The topological polar surface area (TPSA) is 179 Å². The van der Waals surface area contributed by atoms with Crippen LogP contribution >= 0.6 is 0 Å². The summed E-state index contributed by atoms with van der Waals surface area (Å²) in [5, 5.41) is 25.6. The average molecular weight is 789 g/mol. The third-order valence-electron chi connectivity index (χ3n) is 7.44. The van der Waals surface area contributed by atoms with Crippen molar-refractivity contribution in [2.45, 2.75) is 90.4 Å². The Morgan fingerprint density at radius 1 is 0.315 bits per heavy atom. The largest absolute Gasteiger partial charge is 0.481 e. The Morgan fingerprint density at radius 3 is 0.685 bits per heavy atom. The van der Waals surface area contributed by atoms with Crippen molar-refractivity contribution in [2.24, 2.45) is 0 Å². The quantitative estimate of drug-likeness (QED) is 0.0743. The molecule has 3 N–H and O–H groups in total. The summed E-state index contributed by atoms with van der Waals surface area (Å²) >= 11 is 0. The van der Waals surface area contributed by atoms with Crippen molar-refractivity contribution < 1.29 is 72.2 Å². The molecule has 0 atom stereocenters. The summed E-state index contributed by atoms with van der Waals surface area (Å²) in [6.07, 6.45) is 15.8. The first-order chi connectivity index (χ1) is 26.7. The Labute approximate surface area is 326 Å². The number of aliphatic hydroxyl groups is 2. The standard InChI is InChI=1S/C24H50O13.C15H30O2/c25-1-3-27-5-7-29-9-11-31-13-15-33-17-19-35-21-23-37-24-22-36-20-18-34-16-14-32-12-10-30-8-6-28-4-2-26;1-2-3-4-5-6-7-8-9-10-11-12-13-14-15(16)17/h25-26H,1-24H2;2-14H2,1H3,(H,16,17). The molecule has 0 aromatic rings. The van der Waals surface area contributed by atoms with Gasteiger partial charge in [0.2, 0.25) is 0 Å². The number of aliphatic carboxylic acids is 1. The van der Waals surface area contributed by atoms with Crippen LogP contribution in [0.5, 0.6) is 0 Å². The first-order valence-corrected chi connectivity index (χ1v) is 20.5. The fraction of sp³-hybridized carbons (Fsp3) is 0.974. The van der Waals surface area contributed by atoms with E-state index in [1.165, 1.54) is 64.2 Å². The summed E-state index contributed by atoms with van der Waals surface area (Å²) in [5.41, 5.74) is 0. The minimum atomic E-state index is -0.655. The molecule has 0 fully saturated rings. The van der Waals surface area contributed by atoms with Crippen LogP contribution in [0.2, 0.25) is 0 Å². The number of hydrogen-bond donors (Lipinski definition) is 3. The second kappa shape index (κ2) is 54.1. The maximum atomic E-state index is 10.3. The van der Waals surface area contributed by atoms with E-state index < -0.39 is 5.97 Å². The zero-order valence-corrected chi connectivity index (χ0v) is 33.9. The minimum Gasteiger partial charge on any atom is -0.481 e. The van der Waals surface area contributed by atoms with Crippen molar-refractivity contribution in [2.75, 3.05) is 159 Å². The van der Waals surface area contributed by atoms with Gasteiger partial charge in [-0.15, -0.1) is 0 Å². The summed E-state index contributed by atoms with van der Waals surface area (Å²) in [4.78, 5) is 10.3. The molecule has 0 radical (unpaired) electrons. The van der Waals surface area contributed by atoms with Gasteiger partial charge < -0.3 is 67.4 Å².